The van der Waals surface area contributed by atoms with Crippen LogP contribution < -0.4 is 5.32 Å². The van der Waals surface area contributed by atoms with E-state index in [4.69, 9.17) is 4.74 Å². The molecule has 1 atom stereocenters. The van der Waals surface area contributed by atoms with Crippen molar-refractivity contribution in [1.82, 2.24) is 4.98 Å². The van der Waals surface area contributed by atoms with Gasteiger partial charge in [0.05, 0.1) is 18.5 Å². The highest BCUT2D eigenvalue weighted by Gasteiger charge is 2.02. The van der Waals surface area contributed by atoms with E-state index in [-0.39, 0.29) is 0 Å². The zero-order chi connectivity index (χ0) is 11.3. The molecule has 1 unspecified atom stereocenters. The number of hydrogen-bond acceptors (Lipinski definition) is 3. The summed E-state index contributed by atoms with van der Waals surface area (Å²) in [5, 5.41) is 3.33. The lowest BCUT2D eigenvalue weighted by atomic mass is 10.2. The fourth-order valence-corrected chi connectivity index (χ4v) is 1.51. The Bertz CT molecular complexity index is 317. The SMILES string of the molecule is COCC(C)CNc1cnc(Br)c(C)c1. The molecule has 0 fully saturated rings. The van der Waals surface area contributed by atoms with Crippen LogP contribution in [-0.2, 0) is 4.74 Å². The second-order valence-corrected chi connectivity index (χ2v) is 4.52. The van der Waals surface area contributed by atoms with Gasteiger partial charge in [-0.05, 0) is 40.4 Å². The normalized spacial score (nSPS) is 12.5. The Morgan fingerprint density at radius 1 is 1.60 bits per heavy atom. The van der Waals surface area contributed by atoms with E-state index in [2.05, 4.69) is 39.2 Å². The maximum Gasteiger partial charge on any atom is 0.109 e. The average molecular weight is 273 g/mol. The molecule has 0 aromatic carbocycles. The third-order valence-corrected chi connectivity index (χ3v) is 2.95. The number of methoxy groups -OCH3 is 1. The molecule has 1 heterocycles. The highest BCUT2D eigenvalue weighted by molar-refractivity contribution is 9.10. The molecule has 1 aromatic rings. The Balaban J connectivity index is 2.47. The summed E-state index contributed by atoms with van der Waals surface area (Å²) in [5.41, 5.74) is 2.19. The van der Waals surface area contributed by atoms with E-state index in [9.17, 15) is 0 Å². The number of nitrogens with zero attached hydrogens (tertiary/aromatic N) is 1. The van der Waals surface area contributed by atoms with Crippen molar-refractivity contribution in [2.45, 2.75) is 13.8 Å². The molecule has 0 amide bonds. The first-order valence-electron chi connectivity index (χ1n) is 4.98. The Kier molecular flexibility index (Phi) is 5.05. The van der Waals surface area contributed by atoms with Crippen LogP contribution in [0.3, 0.4) is 0 Å². The van der Waals surface area contributed by atoms with Crippen molar-refractivity contribution in [3.8, 4) is 0 Å². The van der Waals surface area contributed by atoms with Crippen molar-refractivity contribution in [2.24, 2.45) is 5.92 Å². The molecule has 0 spiro atoms. The van der Waals surface area contributed by atoms with Crippen LogP contribution in [0.15, 0.2) is 16.9 Å². The number of aryl methyl sites for hydroxylation is 1. The number of pyridine rings is 1. The lowest BCUT2D eigenvalue weighted by Crippen LogP contribution is -2.15. The van der Waals surface area contributed by atoms with Crippen LogP contribution >= 0.6 is 15.9 Å². The molecule has 0 aliphatic rings. The third-order valence-electron chi connectivity index (χ3n) is 2.12. The molecule has 4 heteroatoms. The second-order valence-electron chi connectivity index (χ2n) is 3.77. The van der Waals surface area contributed by atoms with Crippen molar-refractivity contribution in [3.05, 3.63) is 22.4 Å². The highest BCUT2D eigenvalue weighted by atomic mass is 79.9. The second kappa shape index (κ2) is 6.08. The van der Waals surface area contributed by atoms with Gasteiger partial charge in [0.25, 0.3) is 0 Å². The molecule has 0 saturated carbocycles. The van der Waals surface area contributed by atoms with Gasteiger partial charge in [0.2, 0.25) is 0 Å². The minimum absolute atomic E-state index is 0.499. The number of nitrogens with one attached hydrogen (secondary N) is 1. The molecular weight excluding hydrogens is 256 g/mol. The first-order valence-corrected chi connectivity index (χ1v) is 5.77. The summed E-state index contributed by atoms with van der Waals surface area (Å²) >= 11 is 3.38. The van der Waals surface area contributed by atoms with Gasteiger partial charge in [-0.25, -0.2) is 4.98 Å². The summed E-state index contributed by atoms with van der Waals surface area (Å²) < 4.78 is 5.97. The van der Waals surface area contributed by atoms with Crippen LogP contribution in [0.25, 0.3) is 0 Å². The van der Waals surface area contributed by atoms with Gasteiger partial charge < -0.3 is 10.1 Å². The summed E-state index contributed by atoms with van der Waals surface area (Å²) in [7, 11) is 1.72. The van der Waals surface area contributed by atoms with Gasteiger partial charge in [-0.15, -0.1) is 0 Å². The van der Waals surface area contributed by atoms with Gasteiger partial charge >= 0.3 is 0 Å². The zero-order valence-corrected chi connectivity index (χ0v) is 11.0. The predicted molar refractivity (Wildman–Crippen MR) is 66.2 cm³/mol. The van der Waals surface area contributed by atoms with E-state index in [0.717, 1.165) is 29.0 Å². The summed E-state index contributed by atoms with van der Waals surface area (Å²) in [6, 6.07) is 2.08. The third kappa shape index (κ3) is 4.18. The number of ether oxygens (including phenoxy) is 1. The monoisotopic (exact) mass is 272 g/mol. The number of aromatic nitrogens is 1. The van der Waals surface area contributed by atoms with Crippen LogP contribution in [0.1, 0.15) is 12.5 Å². The van der Waals surface area contributed by atoms with Crippen molar-refractivity contribution in [2.75, 3.05) is 25.6 Å². The Hall–Kier alpha value is -0.610. The number of rotatable bonds is 5. The van der Waals surface area contributed by atoms with Gasteiger partial charge in [0.1, 0.15) is 4.60 Å². The number of hydrogen-bond donors (Lipinski definition) is 1. The van der Waals surface area contributed by atoms with Crippen LogP contribution in [0.4, 0.5) is 5.69 Å². The summed E-state index contributed by atoms with van der Waals surface area (Å²) in [6.45, 7) is 5.85. The number of halogens is 1. The highest BCUT2D eigenvalue weighted by Crippen LogP contribution is 2.16. The van der Waals surface area contributed by atoms with Crippen molar-refractivity contribution >= 4 is 21.6 Å². The van der Waals surface area contributed by atoms with Crippen LogP contribution in [0, 0.1) is 12.8 Å². The van der Waals surface area contributed by atoms with E-state index >= 15 is 0 Å². The summed E-state index contributed by atoms with van der Waals surface area (Å²) in [5.74, 6) is 0.499. The van der Waals surface area contributed by atoms with Crippen LogP contribution in [0.2, 0.25) is 0 Å². The molecule has 1 rings (SSSR count). The minimum Gasteiger partial charge on any atom is -0.384 e. The zero-order valence-electron chi connectivity index (χ0n) is 9.38. The first kappa shape index (κ1) is 12.5. The summed E-state index contributed by atoms with van der Waals surface area (Å²) in [6.07, 6.45) is 1.83. The molecule has 3 nitrogen and oxygen atoms in total. The molecular formula is C11H17BrN2O. The molecule has 0 aliphatic carbocycles. The lowest BCUT2D eigenvalue weighted by molar-refractivity contribution is 0.164. The molecule has 0 bridgehead atoms. The minimum atomic E-state index is 0.499. The molecule has 15 heavy (non-hydrogen) atoms. The van der Waals surface area contributed by atoms with Gasteiger partial charge in [0, 0.05) is 13.7 Å². The molecule has 1 aromatic heterocycles. The maximum absolute atomic E-state index is 5.07. The Labute approximate surface area is 99.4 Å². The average Bonchev–Trinajstić information content (AvgIpc) is 2.20. The topological polar surface area (TPSA) is 34.1 Å². The fourth-order valence-electron chi connectivity index (χ4n) is 1.29. The Morgan fingerprint density at radius 3 is 2.93 bits per heavy atom. The molecule has 0 saturated heterocycles. The number of anilines is 1. The van der Waals surface area contributed by atoms with Crippen LogP contribution in [-0.4, -0.2) is 25.2 Å². The first-order chi connectivity index (χ1) is 7.13. The van der Waals surface area contributed by atoms with Gasteiger partial charge in [0.15, 0.2) is 0 Å². The van der Waals surface area contributed by atoms with E-state index in [1.807, 2.05) is 13.1 Å². The van der Waals surface area contributed by atoms with Gasteiger partial charge in [-0.1, -0.05) is 6.92 Å². The molecule has 0 aliphatic heterocycles. The fraction of sp³-hybridized carbons (Fsp3) is 0.545. The quantitative estimate of drug-likeness (QED) is 0.838. The van der Waals surface area contributed by atoms with Crippen molar-refractivity contribution in [3.63, 3.8) is 0 Å². The smallest absolute Gasteiger partial charge is 0.109 e. The maximum atomic E-state index is 5.07. The van der Waals surface area contributed by atoms with E-state index in [0.29, 0.717) is 5.92 Å². The van der Waals surface area contributed by atoms with Gasteiger partial charge in [-0.3, -0.25) is 0 Å². The van der Waals surface area contributed by atoms with Crippen LogP contribution in [0.5, 0.6) is 0 Å². The largest absolute Gasteiger partial charge is 0.384 e. The lowest BCUT2D eigenvalue weighted by Gasteiger charge is -2.12. The predicted octanol–water partition coefficient (Wildman–Crippen LogP) is 2.85. The van der Waals surface area contributed by atoms with E-state index in [1.54, 1.807) is 7.11 Å². The van der Waals surface area contributed by atoms with E-state index < -0.39 is 0 Å². The van der Waals surface area contributed by atoms with Crippen molar-refractivity contribution in [1.29, 1.82) is 0 Å². The molecule has 0 radical (unpaired) electrons. The van der Waals surface area contributed by atoms with Gasteiger partial charge in [-0.2, -0.15) is 0 Å². The molecule has 1 N–H and O–H groups in total. The Morgan fingerprint density at radius 2 is 2.33 bits per heavy atom. The summed E-state index contributed by atoms with van der Waals surface area (Å²) in [4.78, 5) is 4.23. The standard InChI is InChI=1S/C11H17BrN2O/c1-8(7-15-3)5-13-10-4-9(2)11(12)14-6-10/h4,6,8,13H,5,7H2,1-3H3. The van der Waals surface area contributed by atoms with E-state index in [1.165, 1.54) is 0 Å². The van der Waals surface area contributed by atoms with Crippen molar-refractivity contribution < 1.29 is 4.74 Å². The molecule has 84 valence electrons.